The molecule has 0 spiro atoms. The molecular formula is C11H20N4. The third-order valence-corrected chi connectivity index (χ3v) is 2.25. The summed E-state index contributed by atoms with van der Waals surface area (Å²) in [5.74, 6) is 1.50. The van der Waals surface area contributed by atoms with Crippen molar-refractivity contribution in [3.8, 4) is 0 Å². The van der Waals surface area contributed by atoms with Crippen LogP contribution in [0.25, 0.3) is 0 Å². The topological polar surface area (TPSA) is 68.2 Å². The van der Waals surface area contributed by atoms with E-state index in [-0.39, 0.29) is 0 Å². The van der Waals surface area contributed by atoms with E-state index >= 15 is 0 Å². The first-order valence-corrected chi connectivity index (χ1v) is 5.30. The highest BCUT2D eigenvalue weighted by Gasteiger charge is 2.08. The maximum absolute atomic E-state index is 5.75. The zero-order valence-corrected chi connectivity index (χ0v) is 9.70. The van der Waals surface area contributed by atoms with Crippen LogP contribution in [0.1, 0.15) is 20.8 Å². The molecule has 1 aromatic rings. The molecule has 0 fully saturated rings. The lowest BCUT2D eigenvalue weighted by Gasteiger charge is -2.24. The SMILES string of the molecule is CCN(CC(C)C)c1cc(N)c(N)cn1. The molecule has 84 valence electrons. The summed E-state index contributed by atoms with van der Waals surface area (Å²) >= 11 is 0. The van der Waals surface area contributed by atoms with E-state index in [0.717, 1.165) is 18.9 Å². The fourth-order valence-electron chi connectivity index (χ4n) is 1.47. The molecule has 0 aliphatic heterocycles. The number of rotatable bonds is 4. The highest BCUT2D eigenvalue weighted by molar-refractivity contribution is 5.66. The largest absolute Gasteiger partial charge is 0.397 e. The maximum Gasteiger partial charge on any atom is 0.130 e. The van der Waals surface area contributed by atoms with Crippen molar-refractivity contribution >= 4 is 17.2 Å². The predicted octanol–water partition coefficient (Wildman–Crippen LogP) is 1.73. The fraction of sp³-hybridized carbons (Fsp3) is 0.545. The molecule has 0 amide bonds. The number of aromatic nitrogens is 1. The van der Waals surface area contributed by atoms with E-state index in [1.165, 1.54) is 0 Å². The molecule has 0 unspecified atom stereocenters. The van der Waals surface area contributed by atoms with Gasteiger partial charge in [0.15, 0.2) is 0 Å². The second-order valence-corrected chi connectivity index (χ2v) is 4.10. The first-order valence-electron chi connectivity index (χ1n) is 5.30. The van der Waals surface area contributed by atoms with Crippen LogP contribution in [0.2, 0.25) is 0 Å². The number of nitrogen functional groups attached to an aromatic ring is 2. The number of nitrogens with two attached hydrogens (primary N) is 2. The van der Waals surface area contributed by atoms with Crippen LogP contribution < -0.4 is 16.4 Å². The van der Waals surface area contributed by atoms with Crippen LogP contribution in [0.15, 0.2) is 12.3 Å². The average Bonchev–Trinajstić information content (AvgIpc) is 2.18. The molecule has 0 aliphatic rings. The first kappa shape index (κ1) is 11.6. The summed E-state index contributed by atoms with van der Waals surface area (Å²) in [6, 6.07) is 1.83. The molecule has 0 saturated carbocycles. The van der Waals surface area contributed by atoms with Crippen LogP contribution in [0.4, 0.5) is 17.2 Å². The smallest absolute Gasteiger partial charge is 0.130 e. The molecule has 0 aliphatic carbocycles. The van der Waals surface area contributed by atoms with Gasteiger partial charge in [0.05, 0.1) is 17.6 Å². The van der Waals surface area contributed by atoms with Gasteiger partial charge >= 0.3 is 0 Å². The number of anilines is 3. The van der Waals surface area contributed by atoms with Gasteiger partial charge in [-0.05, 0) is 12.8 Å². The molecular weight excluding hydrogens is 188 g/mol. The Balaban J connectivity index is 2.87. The Labute approximate surface area is 91.3 Å². The average molecular weight is 208 g/mol. The van der Waals surface area contributed by atoms with E-state index in [9.17, 15) is 0 Å². The van der Waals surface area contributed by atoms with Gasteiger partial charge in [-0.2, -0.15) is 0 Å². The molecule has 4 N–H and O–H groups in total. The minimum Gasteiger partial charge on any atom is -0.397 e. The summed E-state index contributed by atoms with van der Waals surface area (Å²) in [5, 5.41) is 0. The van der Waals surface area contributed by atoms with Gasteiger partial charge in [-0.1, -0.05) is 13.8 Å². The normalized spacial score (nSPS) is 10.7. The summed E-state index contributed by atoms with van der Waals surface area (Å²) in [6.07, 6.45) is 1.62. The fourth-order valence-corrected chi connectivity index (χ4v) is 1.47. The molecule has 0 atom stereocenters. The van der Waals surface area contributed by atoms with Crippen molar-refractivity contribution in [2.75, 3.05) is 29.5 Å². The van der Waals surface area contributed by atoms with Crippen LogP contribution in [-0.2, 0) is 0 Å². The van der Waals surface area contributed by atoms with Crippen LogP contribution in [0, 0.1) is 5.92 Å². The Morgan fingerprint density at radius 2 is 2.00 bits per heavy atom. The zero-order valence-electron chi connectivity index (χ0n) is 9.70. The van der Waals surface area contributed by atoms with Crippen LogP contribution in [-0.4, -0.2) is 18.1 Å². The van der Waals surface area contributed by atoms with Gasteiger partial charge in [0, 0.05) is 19.2 Å². The highest BCUT2D eigenvalue weighted by atomic mass is 15.2. The molecule has 4 nitrogen and oxygen atoms in total. The summed E-state index contributed by atoms with van der Waals surface area (Å²) < 4.78 is 0. The lowest BCUT2D eigenvalue weighted by Crippen LogP contribution is -2.28. The van der Waals surface area contributed by atoms with Crippen molar-refractivity contribution in [1.82, 2.24) is 4.98 Å². The first-order chi connectivity index (χ1) is 7.04. The monoisotopic (exact) mass is 208 g/mol. The second-order valence-electron chi connectivity index (χ2n) is 4.10. The quantitative estimate of drug-likeness (QED) is 0.790. The molecule has 1 heterocycles. The molecule has 0 bridgehead atoms. The highest BCUT2D eigenvalue weighted by Crippen LogP contribution is 2.20. The Bertz CT molecular complexity index is 322. The van der Waals surface area contributed by atoms with Gasteiger partial charge in [-0.3, -0.25) is 0 Å². The van der Waals surface area contributed by atoms with E-state index in [0.29, 0.717) is 17.3 Å². The van der Waals surface area contributed by atoms with Crippen molar-refractivity contribution in [1.29, 1.82) is 0 Å². The third-order valence-electron chi connectivity index (χ3n) is 2.25. The summed E-state index contributed by atoms with van der Waals surface area (Å²) in [7, 11) is 0. The Kier molecular flexibility index (Phi) is 3.77. The van der Waals surface area contributed by atoms with Crippen molar-refractivity contribution in [2.45, 2.75) is 20.8 Å². The Hall–Kier alpha value is -1.45. The lowest BCUT2D eigenvalue weighted by atomic mass is 10.2. The second kappa shape index (κ2) is 4.87. The van der Waals surface area contributed by atoms with Crippen LogP contribution in [0.3, 0.4) is 0 Å². The number of nitrogens with zero attached hydrogens (tertiary/aromatic N) is 2. The summed E-state index contributed by atoms with van der Waals surface area (Å²) in [6.45, 7) is 8.38. The van der Waals surface area contributed by atoms with E-state index in [1.807, 2.05) is 6.07 Å². The molecule has 15 heavy (non-hydrogen) atoms. The van der Waals surface area contributed by atoms with Crippen molar-refractivity contribution in [2.24, 2.45) is 5.92 Å². The third kappa shape index (κ3) is 3.01. The van der Waals surface area contributed by atoms with Gasteiger partial charge < -0.3 is 16.4 Å². The number of hydrogen-bond donors (Lipinski definition) is 2. The minimum atomic E-state index is 0.541. The molecule has 0 saturated heterocycles. The van der Waals surface area contributed by atoms with Crippen LogP contribution >= 0.6 is 0 Å². The Morgan fingerprint density at radius 3 is 2.47 bits per heavy atom. The summed E-state index contributed by atoms with van der Waals surface area (Å²) in [4.78, 5) is 6.48. The number of hydrogen-bond acceptors (Lipinski definition) is 4. The van der Waals surface area contributed by atoms with E-state index in [1.54, 1.807) is 6.20 Å². The molecule has 4 heteroatoms. The van der Waals surface area contributed by atoms with Gasteiger partial charge in [-0.15, -0.1) is 0 Å². The van der Waals surface area contributed by atoms with E-state index in [2.05, 4.69) is 30.7 Å². The van der Waals surface area contributed by atoms with Crippen molar-refractivity contribution < 1.29 is 0 Å². The van der Waals surface area contributed by atoms with Crippen molar-refractivity contribution in [3.05, 3.63) is 12.3 Å². The molecule has 1 rings (SSSR count). The maximum atomic E-state index is 5.75. The lowest BCUT2D eigenvalue weighted by molar-refractivity contribution is 0.614. The van der Waals surface area contributed by atoms with Crippen LogP contribution in [0.5, 0.6) is 0 Å². The van der Waals surface area contributed by atoms with E-state index < -0.39 is 0 Å². The Morgan fingerprint density at radius 1 is 1.33 bits per heavy atom. The number of pyridine rings is 1. The van der Waals surface area contributed by atoms with Gasteiger partial charge in [-0.25, -0.2) is 4.98 Å². The van der Waals surface area contributed by atoms with Gasteiger partial charge in [0.2, 0.25) is 0 Å². The van der Waals surface area contributed by atoms with Crippen molar-refractivity contribution in [3.63, 3.8) is 0 Å². The molecule has 1 aromatic heterocycles. The zero-order chi connectivity index (χ0) is 11.4. The van der Waals surface area contributed by atoms with E-state index in [4.69, 9.17) is 11.5 Å². The summed E-state index contributed by atoms with van der Waals surface area (Å²) in [5.41, 5.74) is 12.5. The van der Waals surface area contributed by atoms with Gasteiger partial charge in [0.25, 0.3) is 0 Å². The molecule has 0 radical (unpaired) electrons. The minimum absolute atomic E-state index is 0.541. The standard InChI is InChI=1S/C11H20N4/c1-4-15(7-8(2)3)11-5-9(12)10(13)6-14-11/h5-6,8H,4,7,13H2,1-3H3,(H2,12,14). The van der Waals surface area contributed by atoms with Gasteiger partial charge in [0.1, 0.15) is 5.82 Å². The predicted molar refractivity (Wildman–Crippen MR) is 65.8 cm³/mol. The molecule has 0 aromatic carbocycles.